The minimum Gasteiger partial charge on any atom is -0.395 e. The van der Waals surface area contributed by atoms with E-state index < -0.39 is 11.6 Å². The first-order valence-corrected chi connectivity index (χ1v) is 5.52. The largest absolute Gasteiger partial charge is 0.395 e. The minimum atomic E-state index is -0.821. The van der Waals surface area contributed by atoms with Gasteiger partial charge < -0.3 is 10.4 Å². The molecule has 0 saturated carbocycles. The molecule has 1 saturated heterocycles. The molecule has 1 fully saturated rings. The Hall–Kier alpha value is -1.00. The first-order valence-electron chi connectivity index (χ1n) is 5.52. The fraction of sp³-hybridized carbons (Fsp3) is 0.500. The molecule has 0 bridgehead atoms. The maximum atomic E-state index is 13.1. The van der Waals surface area contributed by atoms with E-state index in [9.17, 15) is 8.78 Å². The van der Waals surface area contributed by atoms with Gasteiger partial charge in [-0.15, -0.1) is 0 Å². The molecule has 1 aliphatic rings. The number of aliphatic hydroxyl groups excluding tert-OH is 1. The Kier molecular flexibility index (Phi) is 3.51. The van der Waals surface area contributed by atoms with Gasteiger partial charge in [0.25, 0.3) is 0 Å². The van der Waals surface area contributed by atoms with Crippen molar-refractivity contribution >= 4 is 0 Å². The zero-order valence-corrected chi connectivity index (χ0v) is 8.92. The van der Waals surface area contributed by atoms with Crippen molar-refractivity contribution in [1.82, 2.24) is 5.32 Å². The van der Waals surface area contributed by atoms with E-state index in [0.717, 1.165) is 30.9 Å². The van der Waals surface area contributed by atoms with Crippen LogP contribution in [-0.4, -0.2) is 17.8 Å². The van der Waals surface area contributed by atoms with Crippen LogP contribution < -0.4 is 5.32 Å². The lowest BCUT2D eigenvalue weighted by Crippen LogP contribution is -2.39. The number of piperidine rings is 1. The Morgan fingerprint density at radius 2 is 2.06 bits per heavy atom. The molecule has 0 radical (unpaired) electrons. The second-order valence-electron chi connectivity index (χ2n) is 4.20. The summed E-state index contributed by atoms with van der Waals surface area (Å²) in [5, 5.41) is 12.3. The van der Waals surface area contributed by atoms with Crippen molar-refractivity contribution in [3.63, 3.8) is 0 Å². The van der Waals surface area contributed by atoms with Crippen LogP contribution in [-0.2, 0) is 0 Å². The SMILES string of the molecule is OCC1CCCC(c2ccc(F)c(F)c2)N1. The Labute approximate surface area is 93.3 Å². The second-order valence-corrected chi connectivity index (χ2v) is 4.20. The lowest BCUT2D eigenvalue weighted by molar-refractivity contribution is 0.198. The molecule has 2 nitrogen and oxygen atoms in total. The summed E-state index contributed by atoms with van der Waals surface area (Å²) in [5.74, 6) is -1.64. The van der Waals surface area contributed by atoms with E-state index >= 15 is 0 Å². The first-order chi connectivity index (χ1) is 7.70. The Morgan fingerprint density at radius 1 is 1.25 bits per heavy atom. The molecule has 0 aromatic heterocycles. The molecule has 2 rings (SSSR count). The van der Waals surface area contributed by atoms with Gasteiger partial charge in [-0.25, -0.2) is 8.78 Å². The molecule has 4 heteroatoms. The van der Waals surface area contributed by atoms with Gasteiger partial charge in [0, 0.05) is 12.1 Å². The van der Waals surface area contributed by atoms with Crippen molar-refractivity contribution in [2.45, 2.75) is 31.3 Å². The molecule has 88 valence electrons. The maximum Gasteiger partial charge on any atom is 0.159 e. The molecule has 2 unspecified atom stereocenters. The van der Waals surface area contributed by atoms with Crippen LogP contribution in [0.1, 0.15) is 30.9 Å². The van der Waals surface area contributed by atoms with Gasteiger partial charge in [0.1, 0.15) is 0 Å². The smallest absolute Gasteiger partial charge is 0.159 e. The van der Waals surface area contributed by atoms with Gasteiger partial charge in [-0.05, 0) is 37.0 Å². The molecule has 0 amide bonds. The van der Waals surface area contributed by atoms with Crippen LogP contribution >= 0.6 is 0 Å². The number of hydrogen-bond acceptors (Lipinski definition) is 2. The Balaban J connectivity index is 2.13. The summed E-state index contributed by atoms with van der Waals surface area (Å²) in [4.78, 5) is 0. The van der Waals surface area contributed by atoms with Crippen molar-refractivity contribution in [1.29, 1.82) is 0 Å². The zero-order chi connectivity index (χ0) is 11.5. The summed E-state index contributed by atoms with van der Waals surface area (Å²) in [6.07, 6.45) is 2.81. The quantitative estimate of drug-likeness (QED) is 0.811. The molecular weight excluding hydrogens is 212 g/mol. The summed E-state index contributed by atoms with van der Waals surface area (Å²) in [6, 6.07) is 4.05. The Bertz CT molecular complexity index is 370. The molecule has 1 heterocycles. The molecule has 16 heavy (non-hydrogen) atoms. The maximum absolute atomic E-state index is 13.1. The van der Waals surface area contributed by atoms with Gasteiger partial charge in [-0.2, -0.15) is 0 Å². The highest BCUT2D eigenvalue weighted by atomic mass is 19.2. The fourth-order valence-corrected chi connectivity index (χ4v) is 2.16. The predicted molar refractivity (Wildman–Crippen MR) is 57.0 cm³/mol. The van der Waals surface area contributed by atoms with E-state index in [4.69, 9.17) is 5.11 Å². The average molecular weight is 227 g/mol. The van der Waals surface area contributed by atoms with Crippen LogP contribution in [0.25, 0.3) is 0 Å². The van der Waals surface area contributed by atoms with Crippen molar-refractivity contribution in [2.75, 3.05) is 6.61 Å². The zero-order valence-electron chi connectivity index (χ0n) is 8.92. The van der Waals surface area contributed by atoms with Crippen LogP contribution in [0.5, 0.6) is 0 Å². The lowest BCUT2D eigenvalue weighted by Gasteiger charge is -2.30. The molecule has 1 aromatic rings. The molecular formula is C12H15F2NO. The third kappa shape index (κ3) is 2.39. The average Bonchev–Trinajstić information content (AvgIpc) is 2.33. The van der Waals surface area contributed by atoms with Gasteiger partial charge in [0.2, 0.25) is 0 Å². The monoisotopic (exact) mass is 227 g/mol. The van der Waals surface area contributed by atoms with Gasteiger partial charge >= 0.3 is 0 Å². The predicted octanol–water partition coefficient (Wildman–Crippen LogP) is 2.14. The van der Waals surface area contributed by atoms with Gasteiger partial charge in [-0.1, -0.05) is 6.07 Å². The van der Waals surface area contributed by atoms with Crippen molar-refractivity contribution in [3.05, 3.63) is 35.4 Å². The summed E-state index contributed by atoms with van der Waals surface area (Å²) in [7, 11) is 0. The van der Waals surface area contributed by atoms with E-state index in [1.165, 1.54) is 6.07 Å². The standard InChI is InChI=1S/C12H15F2NO/c13-10-5-4-8(6-11(10)14)12-3-1-2-9(7-16)15-12/h4-6,9,12,15-16H,1-3,7H2. The van der Waals surface area contributed by atoms with Crippen LogP contribution in [0.15, 0.2) is 18.2 Å². The number of halogens is 2. The topological polar surface area (TPSA) is 32.3 Å². The highest BCUT2D eigenvalue weighted by molar-refractivity contribution is 5.21. The normalized spacial score (nSPS) is 25.7. The van der Waals surface area contributed by atoms with E-state index in [1.54, 1.807) is 6.07 Å². The van der Waals surface area contributed by atoms with Crippen molar-refractivity contribution in [3.8, 4) is 0 Å². The van der Waals surface area contributed by atoms with E-state index in [1.807, 2.05) is 0 Å². The van der Waals surface area contributed by atoms with Gasteiger partial charge in [-0.3, -0.25) is 0 Å². The lowest BCUT2D eigenvalue weighted by atomic mass is 9.93. The van der Waals surface area contributed by atoms with Crippen LogP contribution in [0.2, 0.25) is 0 Å². The summed E-state index contributed by atoms with van der Waals surface area (Å²) in [5.41, 5.74) is 0.747. The second kappa shape index (κ2) is 4.89. The molecule has 0 spiro atoms. The number of rotatable bonds is 2. The minimum absolute atomic E-state index is 0.0148. The number of benzene rings is 1. The van der Waals surface area contributed by atoms with Gasteiger partial charge in [0.15, 0.2) is 11.6 Å². The number of nitrogens with one attached hydrogen (secondary N) is 1. The summed E-state index contributed by atoms with van der Waals surface area (Å²) < 4.78 is 25.8. The van der Waals surface area contributed by atoms with Crippen LogP contribution in [0, 0.1) is 11.6 Å². The third-order valence-electron chi connectivity index (χ3n) is 3.05. The van der Waals surface area contributed by atoms with Gasteiger partial charge in [0.05, 0.1) is 6.61 Å². The fourth-order valence-electron chi connectivity index (χ4n) is 2.16. The van der Waals surface area contributed by atoms with Crippen molar-refractivity contribution < 1.29 is 13.9 Å². The first kappa shape index (κ1) is 11.5. The summed E-state index contributed by atoms with van der Waals surface area (Å²) in [6.45, 7) is 0.0835. The number of aliphatic hydroxyl groups is 1. The van der Waals surface area contributed by atoms with Crippen molar-refractivity contribution in [2.24, 2.45) is 0 Å². The van der Waals surface area contributed by atoms with Crippen LogP contribution in [0.4, 0.5) is 8.78 Å². The number of hydrogen-bond donors (Lipinski definition) is 2. The van der Waals surface area contributed by atoms with E-state index in [2.05, 4.69) is 5.32 Å². The van der Waals surface area contributed by atoms with E-state index in [0.29, 0.717) is 0 Å². The molecule has 1 aromatic carbocycles. The molecule has 0 aliphatic carbocycles. The highest BCUT2D eigenvalue weighted by Gasteiger charge is 2.22. The molecule has 2 N–H and O–H groups in total. The highest BCUT2D eigenvalue weighted by Crippen LogP contribution is 2.26. The third-order valence-corrected chi connectivity index (χ3v) is 3.05. The Morgan fingerprint density at radius 3 is 2.75 bits per heavy atom. The summed E-state index contributed by atoms with van der Waals surface area (Å²) >= 11 is 0. The van der Waals surface area contributed by atoms with Crippen LogP contribution in [0.3, 0.4) is 0 Å². The van der Waals surface area contributed by atoms with E-state index in [-0.39, 0.29) is 18.7 Å². The molecule has 2 atom stereocenters. The molecule has 1 aliphatic heterocycles.